The van der Waals surface area contributed by atoms with Gasteiger partial charge < -0.3 is 15.3 Å². The summed E-state index contributed by atoms with van der Waals surface area (Å²) in [7, 11) is 0. The van der Waals surface area contributed by atoms with Gasteiger partial charge in [0.2, 0.25) is 11.8 Å². The molecule has 4 N–H and O–H groups in total. The molecule has 4 amide bonds. The van der Waals surface area contributed by atoms with Gasteiger partial charge in [-0.05, 0) is 66.6 Å². The van der Waals surface area contributed by atoms with Crippen LogP contribution in [-0.2, 0) is 37.2 Å². The fourth-order valence-corrected chi connectivity index (χ4v) is 9.72. The first-order valence-electron chi connectivity index (χ1n) is 18.2. The molecule has 4 aliphatic rings. The number of phenols is 2. The maximum absolute atomic E-state index is 15.4. The number of carboxylic acids is 1. The minimum Gasteiger partial charge on any atom is -0.507 e. The molecule has 0 unspecified atom stereocenters. The molecule has 0 spiro atoms. The molecule has 2 aliphatic carbocycles. The van der Waals surface area contributed by atoms with Gasteiger partial charge in [0.15, 0.2) is 5.82 Å². The fourth-order valence-electron chi connectivity index (χ4n) is 9.39. The summed E-state index contributed by atoms with van der Waals surface area (Å²) in [4.78, 5) is 75.3. The van der Waals surface area contributed by atoms with Crippen LogP contribution in [0.1, 0.15) is 51.4 Å². The van der Waals surface area contributed by atoms with Gasteiger partial charge in [0, 0.05) is 28.8 Å². The number of phenolic OH excluding ortho intramolecular Hbond substituents is 1. The van der Waals surface area contributed by atoms with E-state index in [1.54, 1.807) is 42.5 Å². The molecular weight excluding hydrogens is 816 g/mol. The molecule has 59 heavy (non-hydrogen) atoms. The summed E-state index contributed by atoms with van der Waals surface area (Å²) < 4.78 is 40.6. The lowest BCUT2D eigenvalue weighted by molar-refractivity contribution is -0.139. The third-order valence-electron chi connectivity index (χ3n) is 11.9. The van der Waals surface area contributed by atoms with Crippen molar-refractivity contribution < 1.29 is 52.5 Å². The van der Waals surface area contributed by atoms with Crippen molar-refractivity contribution in [3.05, 3.63) is 135 Å². The van der Waals surface area contributed by atoms with Crippen LogP contribution in [-0.4, -0.2) is 54.9 Å². The molecule has 17 heteroatoms. The number of hydrogen-bond donors (Lipinski definition) is 4. The van der Waals surface area contributed by atoms with Gasteiger partial charge in [-0.3, -0.25) is 24.6 Å². The first-order valence-corrected chi connectivity index (χ1v) is 19.0. The van der Waals surface area contributed by atoms with E-state index in [4.69, 9.17) is 23.2 Å². The van der Waals surface area contributed by atoms with Crippen LogP contribution in [0.15, 0.2) is 97.2 Å². The number of anilines is 2. The number of aromatic nitrogens is 1. The largest absolute Gasteiger partial charge is 0.507 e. The Labute approximate surface area is 343 Å². The Morgan fingerprint density at radius 2 is 1.71 bits per heavy atom. The van der Waals surface area contributed by atoms with Crippen LogP contribution in [0.25, 0.3) is 0 Å². The summed E-state index contributed by atoms with van der Waals surface area (Å²) in [5.74, 6) is -11.2. The minimum absolute atomic E-state index is 0.00305. The van der Waals surface area contributed by atoms with Crippen molar-refractivity contribution in [3.63, 3.8) is 0 Å². The average molecular weight is 848 g/mol. The van der Waals surface area contributed by atoms with Crippen LogP contribution in [0.5, 0.6) is 11.5 Å². The Morgan fingerprint density at radius 1 is 0.983 bits per heavy atom. The molecule has 8 rings (SSSR count). The molecule has 4 aromatic rings. The Balaban J connectivity index is 1.32. The van der Waals surface area contributed by atoms with E-state index in [9.17, 15) is 47.7 Å². The van der Waals surface area contributed by atoms with Gasteiger partial charge >= 0.3 is 12.1 Å². The molecular formula is C42H31Cl2F3N4O8. The average Bonchev–Trinajstić information content (AvgIpc) is 3.57. The third kappa shape index (κ3) is 6.05. The van der Waals surface area contributed by atoms with E-state index in [0.717, 1.165) is 17.0 Å². The third-order valence-corrected chi connectivity index (χ3v) is 12.4. The molecule has 0 bridgehead atoms. The van der Waals surface area contributed by atoms with Gasteiger partial charge in [-0.2, -0.15) is 18.2 Å². The van der Waals surface area contributed by atoms with Crippen LogP contribution in [0.2, 0.25) is 10.0 Å². The number of nitrogens with zero attached hydrogens (tertiary/aromatic N) is 3. The smallest absolute Gasteiger partial charge is 0.417 e. The monoisotopic (exact) mass is 846 g/mol. The number of carboxylic acid groups (broad SMARTS) is 1. The Hall–Kier alpha value is -6.19. The lowest BCUT2D eigenvalue weighted by atomic mass is 9.49. The number of fused-ring (bicyclic) bond motifs is 4. The molecule has 3 fully saturated rings. The zero-order valence-corrected chi connectivity index (χ0v) is 31.9. The highest BCUT2D eigenvalue weighted by Crippen LogP contribution is 2.65. The van der Waals surface area contributed by atoms with E-state index in [-0.39, 0.29) is 36.3 Å². The SMILES string of the molecule is C=CCc1cccc([C@H]2C3=CC[C@@H]4C(=O)N(c5ccc(C(=O)O)c(O)c5)C(=O)[C@@H]4[C@@H]3C[C@H]3C(=O)N(Nc4ncc(C(F)(F)F)cc4Cl)C(=O)[C@@]23c2ccc(Cl)cc2)c1O. The molecule has 6 atom stereocenters. The topological polar surface area (TPSA) is 177 Å². The zero-order valence-electron chi connectivity index (χ0n) is 30.4. The van der Waals surface area contributed by atoms with Gasteiger partial charge in [0.05, 0.1) is 39.4 Å². The van der Waals surface area contributed by atoms with Crippen LogP contribution in [0.3, 0.4) is 0 Å². The van der Waals surface area contributed by atoms with E-state index in [1.165, 1.54) is 18.2 Å². The Morgan fingerprint density at radius 3 is 2.36 bits per heavy atom. The number of halogens is 5. The van der Waals surface area contributed by atoms with Crippen LogP contribution in [0.4, 0.5) is 24.7 Å². The summed E-state index contributed by atoms with van der Waals surface area (Å²) in [6.45, 7) is 3.78. The molecule has 0 radical (unpaired) electrons. The lowest BCUT2D eigenvalue weighted by Gasteiger charge is -2.50. The fraction of sp³-hybridized carbons (Fsp3) is 0.238. The zero-order chi connectivity index (χ0) is 42.3. The highest BCUT2D eigenvalue weighted by molar-refractivity contribution is 6.33. The summed E-state index contributed by atoms with van der Waals surface area (Å²) >= 11 is 12.6. The second-order valence-corrected chi connectivity index (χ2v) is 15.6. The van der Waals surface area contributed by atoms with Gasteiger partial charge in [0.1, 0.15) is 17.1 Å². The van der Waals surface area contributed by atoms with Crippen LogP contribution >= 0.6 is 23.2 Å². The Bertz CT molecular complexity index is 2550. The number of nitrogens with one attached hydrogen (secondary N) is 1. The number of hydrogen-bond acceptors (Lipinski definition) is 9. The number of rotatable bonds is 8. The number of alkyl halides is 3. The maximum Gasteiger partial charge on any atom is 0.417 e. The predicted octanol–water partition coefficient (Wildman–Crippen LogP) is 7.43. The molecule has 1 saturated carbocycles. The van der Waals surface area contributed by atoms with Crippen LogP contribution < -0.4 is 10.3 Å². The van der Waals surface area contributed by atoms with Crippen molar-refractivity contribution in [2.75, 3.05) is 10.3 Å². The standard InChI is InChI=1S/C42H31Cl2F3N4O8/c1-2-4-19-5-3-6-27(34(19)53)33-24-13-14-26-32(38(56)50(36(26)54)23-11-12-25(39(57)58)31(52)16-23)28(24)17-29-37(55)51(40(59)41(29,33)20-7-9-22(43)10-8-20)49-35-30(44)15-21(18-48-35)42(45,46)47/h2-3,5-13,15-16,18,26,28-29,32-33,52-53H,1,4,14,17H2,(H,48,49)(H,57,58)/t26-,28+,29-,32-,33+,41+/m0/s1. The summed E-state index contributed by atoms with van der Waals surface area (Å²) in [5, 5.41) is 32.3. The number of benzene rings is 3. The number of pyridine rings is 1. The number of aromatic hydroxyl groups is 2. The number of imide groups is 2. The number of para-hydroxylation sites is 1. The maximum atomic E-state index is 15.4. The van der Waals surface area contributed by atoms with Gasteiger partial charge in [0.25, 0.3) is 11.8 Å². The molecule has 3 heterocycles. The Kier molecular flexibility index (Phi) is 9.59. The number of hydrazine groups is 1. The number of aromatic carboxylic acids is 1. The molecule has 302 valence electrons. The number of carbonyl (C=O) groups is 5. The van der Waals surface area contributed by atoms with Gasteiger partial charge in [-0.25, -0.2) is 14.7 Å². The molecule has 2 saturated heterocycles. The molecule has 2 aliphatic heterocycles. The van der Waals surface area contributed by atoms with Gasteiger partial charge in [-0.1, -0.05) is 71.3 Å². The van der Waals surface area contributed by atoms with Crippen molar-refractivity contribution in [2.24, 2.45) is 23.7 Å². The number of allylic oxidation sites excluding steroid dienone is 3. The van der Waals surface area contributed by atoms with Crippen LogP contribution in [0, 0.1) is 23.7 Å². The van der Waals surface area contributed by atoms with E-state index in [2.05, 4.69) is 17.0 Å². The summed E-state index contributed by atoms with van der Waals surface area (Å²) in [6, 6.07) is 15.0. The van der Waals surface area contributed by atoms with Crippen molar-refractivity contribution in [2.45, 2.75) is 36.8 Å². The highest BCUT2D eigenvalue weighted by Gasteiger charge is 2.71. The molecule has 1 aromatic heterocycles. The van der Waals surface area contributed by atoms with Crippen molar-refractivity contribution in [3.8, 4) is 11.5 Å². The van der Waals surface area contributed by atoms with Gasteiger partial charge in [-0.15, -0.1) is 6.58 Å². The van der Waals surface area contributed by atoms with E-state index in [0.29, 0.717) is 39.0 Å². The van der Waals surface area contributed by atoms with E-state index >= 15 is 4.79 Å². The minimum atomic E-state index is -4.80. The van der Waals surface area contributed by atoms with Crippen molar-refractivity contribution >= 4 is 64.3 Å². The lowest BCUT2D eigenvalue weighted by Crippen LogP contribution is -2.53. The molecule has 12 nitrogen and oxygen atoms in total. The van der Waals surface area contributed by atoms with E-state index in [1.807, 2.05) is 0 Å². The number of amides is 4. The normalized spacial score (nSPS) is 25.0. The first kappa shape index (κ1) is 39.6. The number of carbonyl (C=O) groups excluding carboxylic acids is 4. The predicted molar refractivity (Wildman–Crippen MR) is 206 cm³/mol. The van der Waals surface area contributed by atoms with Crippen molar-refractivity contribution in [1.82, 2.24) is 9.99 Å². The van der Waals surface area contributed by atoms with E-state index < -0.39 is 98.5 Å². The highest BCUT2D eigenvalue weighted by atomic mass is 35.5. The first-order chi connectivity index (χ1) is 28.0. The summed E-state index contributed by atoms with van der Waals surface area (Å²) in [5.41, 5.74) is 0.414. The quantitative estimate of drug-likeness (QED) is 0.103. The summed E-state index contributed by atoms with van der Waals surface area (Å²) in [6.07, 6.45) is -0.966. The van der Waals surface area contributed by atoms with Crippen molar-refractivity contribution in [1.29, 1.82) is 0 Å². The molecule has 3 aromatic carbocycles. The second-order valence-electron chi connectivity index (χ2n) is 14.8. The second kappa shape index (κ2) is 14.3.